The lowest BCUT2D eigenvalue weighted by Gasteiger charge is -2.10. The van der Waals surface area contributed by atoms with E-state index in [4.69, 9.17) is 4.74 Å². The van der Waals surface area contributed by atoms with Crippen LogP contribution in [0.5, 0.6) is 0 Å². The van der Waals surface area contributed by atoms with Gasteiger partial charge in [-0.05, 0) is 69.8 Å². The monoisotopic (exact) mass is 541 g/mol. The Morgan fingerprint density at radius 1 is 1.14 bits per heavy atom. The first-order valence-electron chi connectivity index (χ1n) is 8.44. The molecule has 0 bridgehead atoms. The zero-order chi connectivity index (χ0) is 20.4. The average molecular weight is 543 g/mol. The molecule has 0 aliphatic heterocycles. The molecule has 0 atom stereocenters. The Kier molecular flexibility index (Phi) is 6.75. The minimum Gasteiger partial charge on any atom is -0.462 e. The summed E-state index contributed by atoms with van der Waals surface area (Å²) in [5, 5.41) is 5.25. The molecule has 0 radical (unpaired) electrons. The van der Waals surface area contributed by atoms with E-state index in [1.165, 1.54) is 22.7 Å². The first-order chi connectivity index (χ1) is 13.3. The van der Waals surface area contributed by atoms with Gasteiger partial charge in [-0.2, -0.15) is 0 Å². The van der Waals surface area contributed by atoms with Crippen molar-refractivity contribution < 1.29 is 14.3 Å². The Morgan fingerprint density at radius 2 is 1.89 bits per heavy atom. The summed E-state index contributed by atoms with van der Waals surface area (Å²) in [5.74, 6) is -0.710. The first kappa shape index (κ1) is 21.2. The molecule has 0 unspecified atom stereocenters. The van der Waals surface area contributed by atoms with Gasteiger partial charge in [-0.15, -0.1) is 22.7 Å². The van der Waals surface area contributed by atoms with Gasteiger partial charge < -0.3 is 10.1 Å². The van der Waals surface area contributed by atoms with Crippen LogP contribution in [0.1, 0.15) is 38.1 Å². The van der Waals surface area contributed by atoms with Crippen molar-refractivity contribution >= 4 is 71.4 Å². The highest BCUT2D eigenvalue weighted by atomic mass is 79.9. The molecular formula is C20H17Br2NO3S2. The van der Waals surface area contributed by atoms with Crippen molar-refractivity contribution in [3.63, 3.8) is 0 Å². The van der Waals surface area contributed by atoms with Gasteiger partial charge in [0.15, 0.2) is 0 Å². The quantitative estimate of drug-likeness (QED) is 0.351. The topological polar surface area (TPSA) is 55.4 Å². The molecule has 1 N–H and O–H groups in total. The number of aryl methyl sites for hydroxylation is 2. The van der Waals surface area contributed by atoms with Gasteiger partial charge >= 0.3 is 5.97 Å². The molecule has 0 saturated heterocycles. The van der Waals surface area contributed by atoms with Gasteiger partial charge in [-0.1, -0.05) is 23.8 Å². The highest BCUT2D eigenvalue weighted by Gasteiger charge is 2.24. The summed E-state index contributed by atoms with van der Waals surface area (Å²) in [6.07, 6.45) is 0. The fraction of sp³-hybridized carbons (Fsp3) is 0.200. The van der Waals surface area contributed by atoms with Crippen molar-refractivity contribution in [2.45, 2.75) is 20.8 Å². The second kappa shape index (κ2) is 8.90. The van der Waals surface area contributed by atoms with Crippen LogP contribution in [0.15, 0.2) is 37.9 Å². The van der Waals surface area contributed by atoms with E-state index >= 15 is 0 Å². The van der Waals surface area contributed by atoms with E-state index < -0.39 is 5.97 Å². The Balaban J connectivity index is 2.02. The smallest absolute Gasteiger partial charge is 0.341 e. The molecule has 3 rings (SSSR count). The number of hydrogen-bond acceptors (Lipinski definition) is 5. The summed E-state index contributed by atoms with van der Waals surface area (Å²) >= 11 is 9.43. The number of amides is 1. The van der Waals surface area contributed by atoms with Gasteiger partial charge in [0.25, 0.3) is 5.91 Å². The van der Waals surface area contributed by atoms with Gasteiger partial charge in [0.2, 0.25) is 0 Å². The fourth-order valence-electron chi connectivity index (χ4n) is 2.79. The molecule has 1 aromatic carbocycles. The third-order valence-corrected chi connectivity index (χ3v) is 8.19. The lowest BCUT2D eigenvalue weighted by atomic mass is 9.97. The molecule has 4 nitrogen and oxygen atoms in total. The number of benzene rings is 1. The Bertz CT molecular complexity index is 1040. The molecule has 2 heterocycles. The summed E-state index contributed by atoms with van der Waals surface area (Å²) < 4.78 is 6.92. The molecule has 146 valence electrons. The van der Waals surface area contributed by atoms with Crippen LogP contribution in [0.3, 0.4) is 0 Å². The van der Waals surface area contributed by atoms with Crippen LogP contribution in [0.25, 0.3) is 11.1 Å². The predicted molar refractivity (Wildman–Crippen MR) is 123 cm³/mol. The molecule has 8 heteroatoms. The van der Waals surface area contributed by atoms with E-state index in [2.05, 4.69) is 43.2 Å². The summed E-state index contributed by atoms with van der Waals surface area (Å²) in [5.41, 5.74) is 4.32. The molecule has 2 aromatic heterocycles. The van der Waals surface area contributed by atoms with Crippen LogP contribution in [0, 0.1) is 13.8 Å². The fourth-order valence-corrected chi connectivity index (χ4v) is 5.67. The van der Waals surface area contributed by atoms with Gasteiger partial charge in [-0.25, -0.2) is 4.79 Å². The number of thiophene rings is 2. The maximum absolute atomic E-state index is 12.7. The van der Waals surface area contributed by atoms with Gasteiger partial charge in [0.1, 0.15) is 10.6 Å². The molecule has 0 aliphatic carbocycles. The minimum absolute atomic E-state index is 0.263. The molecule has 0 aliphatic rings. The standard InChI is InChI=1S/C20H17Br2NO3S2/c1-4-26-20(25)16-13(12-6-5-10(2)7-11(12)3)9-27-19(16)23-18(24)15-8-14(21)17(22)28-15/h5-9H,4H2,1-3H3,(H,23,24). The summed E-state index contributed by atoms with van der Waals surface area (Å²) in [6.45, 7) is 6.06. The van der Waals surface area contributed by atoms with Crippen LogP contribution in [0.2, 0.25) is 0 Å². The lowest BCUT2D eigenvalue weighted by molar-refractivity contribution is 0.0529. The van der Waals surface area contributed by atoms with E-state index in [1.807, 2.05) is 31.4 Å². The molecule has 0 fully saturated rings. The van der Waals surface area contributed by atoms with E-state index in [9.17, 15) is 9.59 Å². The first-order valence-corrected chi connectivity index (χ1v) is 11.7. The number of anilines is 1. The maximum atomic E-state index is 12.7. The number of halogens is 2. The van der Waals surface area contributed by atoms with E-state index in [-0.39, 0.29) is 12.5 Å². The van der Waals surface area contributed by atoms with E-state index in [0.29, 0.717) is 15.4 Å². The summed E-state index contributed by atoms with van der Waals surface area (Å²) in [6, 6.07) is 7.82. The third-order valence-electron chi connectivity index (χ3n) is 4.04. The van der Waals surface area contributed by atoms with Crippen molar-refractivity contribution in [3.8, 4) is 11.1 Å². The highest BCUT2D eigenvalue weighted by molar-refractivity contribution is 9.13. The molecular weight excluding hydrogens is 526 g/mol. The van der Waals surface area contributed by atoms with Crippen molar-refractivity contribution in [1.82, 2.24) is 0 Å². The normalized spacial score (nSPS) is 10.8. The molecule has 1 amide bonds. The van der Waals surface area contributed by atoms with Crippen molar-refractivity contribution in [2.24, 2.45) is 0 Å². The average Bonchev–Trinajstić information content (AvgIpc) is 3.19. The molecule has 3 aromatic rings. The Morgan fingerprint density at radius 3 is 2.50 bits per heavy atom. The predicted octanol–water partition coefficient (Wildman–Crippen LogP) is 7.05. The minimum atomic E-state index is -0.442. The zero-order valence-corrected chi connectivity index (χ0v) is 20.2. The number of carbonyl (C=O) groups excluding carboxylic acids is 2. The van der Waals surface area contributed by atoms with Crippen LogP contribution in [-0.2, 0) is 4.74 Å². The Labute approximate surface area is 188 Å². The van der Waals surface area contributed by atoms with Crippen molar-refractivity contribution in [2.75, 3.05) is 11.9 Å². The van der Waals surface area contributed by atoms with Crippen molar-refractivity contribution in [1.29, 1.82) is 0 Å². The van der Waals surface area contributed by atoms with E-state index in [1.54, 1.807) is 13.0 Å². The summed E-state index contributed by atoms with van der Waals surface area (Å²) in [4.78, 5) is 25.9. The second-order valence-corrected chi connectivity index (χ2v) is 10.2. The molecule has 0 saturated carbocycles. The zero-order valence-electron chi connectivity index (χ0n) is 15.4. The van der Waals surface area contributed by atoms with Crippen LogP contribution in [-0.4, -0.2) is 18.5 Å². The third kappa shape index (κ3) is 4.40. The van der Waals surface area contributed by atoms with Crippen LogP contribution >= 0.6 is 54.5 Å². The second-order valence-electron chi connectivity index (χ2n) is 6.08. The molecule has 28 heavy (non-hydrogen) atoms. The summed E-state index contributed by atoms with van der Waals surface area (Å²) in [7, 11) is 0. The van der Waals surface area contributed by atoms with E-state index in [0.717, 1.165) is 30.5 Å². The van der Waals surface area contributed by atoms with Crippen LogP contribution < -0.4 is 5.32 Å². The lowest BCUT2D eigenvalue weighted by Crippen LogP contribution is -2.14. The number of esters is 1. The van der Waals surface area contributed by atoms with Gasteiger partial charge in [0, 0.05) is 15.4 Å². The number of carbonyl (C=O) groups is 2. The highest BCUT2D eigenvalue weighted by Crippen LogP contribution is 2.39. The SMILES string of the molecule is CCOC(=O)c1c(-c2ccc(C)cc2C)csc1NC(=O)c1cc(Br)c(Br)s1. The maximum Gasteiger partial charge on any atom is 0.341 e. The number of ether oxygens (including phenoxy) is 1. The Hall–Kier alpha value is -1.48. The number of rotatable bonds is 5. The molecule has 0 spiro atoms. The van der Waals surface area contributed by atoms with Gasteiger partial charge in [-0.3, -0.25) is 4.79 Å². The number of nitrogens with one attached hydrogen (secondary N) is 1. The largest absolute Gasteiger partial charge is 0.462 e. The van der Waals surface area contributed by atoms with Gasteiger partial charge in [0.05, 0.1) is 15.3 Å². The van der Waals surface area contributed by atoms with Crippen molar-refractivity contribution in [3.05, 3.63) is 59.5 Å². The van der Waals surface area contributed by atoms with Crippen LogP contribution in [0.4, 0.5) is 5.00 Å². The number of hydrogen-bond donors (Lipinski definition) is 1.